The van der Waals surface area contributed by atoms with Crippen molar-refractivity contribution in [1.82, 2.24) is 15.2 Å². The van der Waals surface area contributed by atoms with E-state index in [2.05, 4.69) is 10.3 Å². The molecular formula is C41H44Cl2N4O9. The predicted octanol–water partition coefficient (Wildman–Crippen LogP) is 5.86. The molecule has 0 amide bonds. The molecule has 1 fully saturated rings. The van der Waals surface area contributed by atoms with Crippen molar-refractivity contribution in [2.45, 2.75) is 52.0 Å². The number of aromatic nitrogens is 1. The maximum Gasteiger partial charge on any atom is 0.326 e. The molecule has 5 rings (SSSR count). The number of carboxylic acids is 2. The van der Waals surface area contributed by atoms with Gasteiger partial charge >= 0.3 is 11.9 Å². The minimum absolute atomic E-state index is 0.00361. The van der Waals surface area contributed by atoms with Crippen molar-refractivity contribution in [3.8, 4) is 34.4 Å². The van der Waals surface area contributed by atoms with E-state index in [0.717, 1.165) is 22.3 Å². The third-order valence-electron chi connectivity index (χ3n) is 10.0. The first kappa shape index (κ1) is 42.2. The Hall–Kier alpha value is -4.94. The Morgan fingerprint density at radius 2 is 1.73 bits per heavy atom. The molecule has 0 spiro atoms. The van der Waals surface area contributed by atoms with E-state index in [-0.39, 0.29) is 31.4 Å². The smallest absolute Gasteiger partial charge is 0.326 e. The molecule has 0 saturated carbocycles. The maximum atomic E-state index is 11.8. The second kappa shape index (κ2) is 18.8. The van der Waals surface area contributed by atoms with Gasteiger partial charge in [0.2, 0.25) is 0 Å². The van der Waals surface area contributed by atoms with Crippen LogP contribution in [0.5, 0.6) is 17.2 Å². The zero-order valence-electron chi connectivity index (χ0n) is 31.1. The fraction of sp³-hybridized carbons (Fsp3) is 0.366. The Balaban J connectivity index is 1.29. The monoisotopic (exact) mass is 806 g/mol. The number of hydrogen-bond acceptors (Lipinski definition) is 11. The average molecular weight is 808 g/mol. The van der Waals surface area contributed by atoms with Crippen LogP contribution >= 0.6 is 23.2 Å². The molecule has 1 aliphatic heterocycles. The van der Waals surface area contributed by atoms with Gasteiger partial charge in [-0.25, -0.2) is 0 Å². The van der Waals surface area contributed by atoms with Crippen LogP contribution in [-0.2, 0) is 29.3 Å². The molecule has 0 aliphatic carbocycles. The van der Waals surface area contributed by atoms with Crippen LogP contribution < -0.4 is 19.5 Å². The van der Waals surface area contributed by atoms with Gasteiger partial charge in [0.05, 0.1) is 35.4 Å². The number of aliphatic hydroxyl groups is 2. The first-order valence-corrected chi connectivity index (χ1v) is 18.7. The number of halogens is 2. The van der Waals surface area contributed by atoms with E-state index in [4.69, 9.17) is 37.4 Å². The number of hydrogen-bond donors (Lipinski definition) is 5. The molecule has 2 atom stereocenters. The summed E-state index contributed by atoms with van der Waals surface area (Å²) in [7, 11) is 0. The highest BCUT2D eigenvalue weighted by atomic mass is 35.5. The summed E-state index contributed by atoms with van der Waals surface area (Å²) in [6.45, 7) is 4.38. The highest BCUT2D eigenvalue weighted by Gasteiger charge is 2.44. The number of pyridine rings is 1. The molecular weight excluding hydrogens is 763 g/mol. The van der Waals surface area contributed by atoms with E-state index in [1.807, 2.05) is 48.2 Å². The van der Waals surface area contributed by atoms with E-state index >= 15 is 0 Å². The third-order valence-corrected chi connectivity index (χ3v) is 10.7. The van der Waals surface area contributed by atoms with Crippen LogP contribution in [0.3, 0.4) is 0 Å². The standard InChI is InChI=1S/C41H44Cl2N4O9/c1-26-29(6-3-7-31(26)32-8-4-9-34(37(32)43)54-13-5-11-47-12-10-41(23-47,25-49)39(52)53)22-56-36-16-35(55-21-28-14-27(17-44)18-45-19-28)30(15-33(36)42)20-46-40(2,24-48)38(50)51/h3-4,6-9,14-16,18-19,46,48-49H,5,10-13,20-25H2,1-2H3,(H,50,51)(H,52,53)/t40-,41?/m0/s1. The van der Waals surface area contributed by atoms with Crippen LogP contribution in [0.1, 0.15) is 47.6 Å². The third kappa shape index (κ3) is 9.89. The van der Waals surface area contributed by atoms with Gasteiger partial charge in [-0.1, -0.05) is 53.5 Å². The predicted molar refractivity (Wildman–Crippen MR) is 209 cm³/mol. The van der Waals surface area contributed by atoms with Crippen molar-refractivity contribution < 1.29 is 44.2 Å². The number of nitrogens with one attached hydrogen (secondary N) is 1. The van der Waals surface area contributed by atoms with Crippen LogP contribution in [0.25, 0.3) is 11.1 Å². The lowest BCUT2D eigenvalue weighted by molar-refractivity contribution is -0.150. The Morgan fingerprint density at radius 1 is 0.982 bits per heavy atom. The minimum Gasteiger partial charge on any atom is -0.492 e. The van der Waals surface area contributed by atoms with E-state index in [1.165, 1.54) is 13.1 Å². The summed E-state index contributed by atoms with van der Waals surface area (Å²) in [5.41, 5.74) is 2.23. The van der Waals surface area contributed by atoms with Gasteiger partial charge in [0.25, 0.3) is 0 Å². The molecule has 5 N–H and O–H groups in total. The number of rotatable bonds is 19. The second-order valence-corrected chi connectivity index (χ2v) is 14.8. The number of carboxylic acid groups (broad SMARTS) is 2. The SMILES string of the molecule is Cc1c(COc2cc(OCc3cncc(C#N)c3)c(CN[C@@](C)(CO)C(=O)O)cc2Cl)cccc1-c1cccc(OCCCN2CCC(CO)(C(=O)O)C2)c1Cl. The molecule has 13 nitrogen and oxygen atoms in total. The fourth-order valence-corrected chi connectivity index (χ4v) is 6.87. The molecule has 0 radical (unpaired) electrons. The summed E-state index contributed by atoms with van der Waals surface area (Å²) >= 11 is 13.6. The van der Waals surface area contributed by atoms with E-state index < -0.39 is 29.5 Å². The highest BCUT2D eigenvalue weighted by Crippen LogP contribution is 2.39. The average Bonchev–Trinajstić information content (AvgIpc) is 3.63. The lowest BCUT2D eigenvalue weighted by Crippen LogP contribution is -2.52. The van der Waals surface area contributed by atoms with Crippen molar-refractivity contribution in [3.05, 3.63) is 105 Å². The maximum absolute atomic E-state index is 11.8. The molecule has 15 heteroatoms. The molecule has 4 aromatic rings. The van der Waals surface area contributed by atoms with Gasteiger partial charge in [-0.05, 0) is 68.1 Å². The van der Waals surface area contributed by atoms with Crippen molar-refractivity contribution in [3.63, 3.8) is 0 Å². The Morgan fingerprint density at radius 3 is 2.43 bits per heavy atom. The van der Waals surface area contributed by atoms with Crippen molar-refractivity contribution in [2.24, 2.45) is 5.41 Å². The van der Waals surface area contributed by atoms with Crippen LogP contribution in [0.2, 0.25) is 10.0 Å². The first-order chi connectivity index (χ1) is 26.8. The lowest BCUT2D eigenvalue weighted by Gasteiger charge is -2.25. The van der Waals surface area contributed by atoms with Gasteiger partial charge in [-0.2, -0.15) is 5.26 Å². The number of benzene rings is 3. The van der Waals surface area contributed by atoms with Crippen LogP contribution in [0.15, 0.2) is 67.0 Å². The van der Waals surface area contributed by atoms with Gasteiger partial charge in [0.1, 0.15) is 47.5 Å². The summed E-state index contributed by atoms with van der Waals surface area (Å²) < 4.78 is 18.5. The van der Waals surface area contributed by atoms with Gasteiger partial charge in [-0.15, -0.1) is 0 Å². The zero-order chi connectivity index (χ0) is 40.5. The highest BCUT2D eigenvalue weighted by molar-refractivity contribution is 6.35. The van der Waals surface area contributed by atoms with Gasteiger partial charge in [0.15, 0.2) is 0 Å². The molecule has 296 valence electrons. The Kier molecular flexibility index (Phi) is 14.2. The quantitative estimate of drug-likeness (QED) is 0.0709. The Labute approximate surface area is 335 Å². The topological polar surface area (TPSA) is 195 Å². The van der Waals surface area contributed by atoms with Crippen molar-refractivity contribution in [2.75, 3.05) is 39.5 Å². The van der Waals surface area contributed by atoms with E-state index in [1.54, 1.807) is 30.5 Å². The van der Waals surface area contributed by atoms with Crippen LogP contribution in [-0.4, -0.2) is 87.2 Å². The summed E-state index contributed by atoms with van der Waals surface area (Å²) in [6, 6.07) is 18.3. The van der Waals surface area contributed by atoms with Crippen LogP contribution in [0.4, 0.5) is 0 Å². The van der Waals surface area contributed by atoms with Crippen LogP contribution in [0, 0.1) is 23.7 Å². The van der Waals surface area contributed by atoms with Crippen molar-refractivity contribution >= 4 is 35.1 Å². The van der Waals surface area contributed by atoms with E-state index in [0.29, 0.717) is 78.0 Å². The summed E-state index contributed by atoms with van der Waals surface area (Å²) in [5.74, 6) is -1.02. The number of nitriles is 1. The Bertz CT molecular complexity index is 2090. The summed E-state index contributed by atoms with van der Waals surface area (Å²) in [5, 5.41) is 51.4. The molecule has 1 aromatic heterocycles. The molecule has 3 aromatic carbocycles. The summed E-state index contributed by atoms with van der Waals surface area (Å²) in [4.78, 5) is 29.6. The molecule has 56 heavy (non-hydrogen) atoms. The molecule has 0 bridgehead atoms. The van der Waals surface area contributed by atoms with Crippen molar-refractivity contribution in [1.29, 1.82) is 5.26 Å². The number of aliphatic carboxylic acids is 2. The molecule has 1 saturated heterocycles. The number of aliphatic hydroxyl groups excluding tert-OH is 2. The summed E-state index contributed by atoms with van der Waals surface area (Å²) in [6.07, 6.45) is 4.07. The molecule has 2 heterocycles. The fourth-order valence-electron chi connectivity index (χ4n) is 6.35. The van der Waals surface area contributed by atoms with Gasteiger partial charge in [0, 0.05) is 54.8 Å². The zero-order valence-corrected chi connectivity index (χ0v) is 32.6. The molecule has 1 unspecified atom stereocenters. The van der Waals surface area contributed by atoms with Gasteiger partial charge in [-0.3, -0.25) is 19.9 Å². The largest absolute Gasteiger partial charge is 0.492 e. The molecule has 1 aliphatic rings. The number of ether oxygens (including phenoxy) is 3. The number of carbonyl (C=O) groups is 2. The lowest BCUT2D eigenvalue weighted by atomic mass is 9.88. The minimum atomic E-state index is -1.62. The second-order valence-electron chi connectivity index (χ2n) is 14.0. The normalized spacial score (nSPS) is 16.5. The van der Waals surface area contributed by atoms with Gasteiger partial charge < -0.3 is 39.5 Å². The van der Waals surface area contributed by atoms with E-state index in [9.17, 15) is 35.3 Å². The number of likely N-dealkylation sites (tertiary alicyclic amines) is 1. The number of nitrogens with zero attached hydrogens (tertiary/aromatic N) is 3. The first-order valence-electron chi connectivity index (χ1n) is 17.9.